The van der Waals surface area contributed by atoms with Gasteiger partial charge >= 0.3 is 5.97 Å². The summed E-state index contributed by atoms with van der Waals surface area (Å²) in [6.07, 6.45) is 1.66. The number of ether oxygens (including phenoxy) is 3. The molecule has 1 aliphatic heterocycles. The number of nitrogens with zero attached hydrogens (tertiary/aromatic N) is 1. The van der Waals surface area contributed by atoms with Crippen molar-refractivity contribution in [2.45, 2.75) is 6.92 Å². The van der Waals surface area contributed by atoms with Gasteiger partial charge < -0.3 is 14.2 Å². The number of hydrogen-bond donors (Lipinski definition) is 0. The van der Waals surface area contributed by atoms with Gasteiger partial charge in [0.15, 0.2) is 11.5 Å². The number of anilines is 1. The highest BCUT2D eigenvalue weighted by molar-refractivity contribution is 6.23. The van der Waals surface area contributed by atoms with Crippen molar-refractivity contribution in [1.29, 1.82) is 0 Å². The van der Waals surface area contributed by atoms with Gasteiger partial charge in [-0.15, -0.1) is 0 Å². The zero-order valence-corrected chi connectivity index (χ0v) is 16.2. The van der Waals surface area contributed by atoms with E-state index in [9.17, 15) is 9.59 Å². The Morgan fingerprint density at radius 2 is 1.64 bits per heavy atom. The molecule has 0 unspecified atom stereocenters. The molecule has 1 amide bonds. The molecule has 0 fully saturated rings. The van der Waals surface area contributed by atoms with E-state index in [4.69, 9.17) is 14.2 Å². The first-order valence-corrected chi connectivity index (χ1v) is 8.64. The number of benzene rings is 2. The molecule has 0 bridgehead atoms. The van der Waals surface area contributed by atoms with E-state index in [1.807, 2.05) is 30.3 Å². The second-order valence-corrected chi connectivity index (χ2v) is 6.10. The van der Waals surface area contributed by atoms with Crippen LogP contribution >= 0.6 is 0 Å². The number of esters is 1. The molecule has 6 heteroatoms. The van der Waals surface area contributed by atoms with Crippen LogP contribution in [0.5, 0.6) is 11.5 Å². The van der Waals surface area contributed by atoms with Crippen LogP contribution in [0.15, 0.2) is 65.4 Å². The van der Waals surface area contributed by atoms with Crippen molar-refractivity contribution in [3.8, 4) is 11.5 Å². The third kappa shape index (κ3) is 3.36. The van der Waals surface area contributed by atoms with Crippen LogP contribution in [-0.4, -0.2) is 33.2 Å². The van der Waals surface area contributed by atoms with Crippen molar-refractivity contribution in [3.63, 3.8) is 0 Å². The Morgan fingerprint density at radius 3 is 2.25 bits per heavy atom. The standard InChI is InChI=1S/C22H21NO5/c1-14-20(22(25)28-4)17(21(24)23(14)16-8-6-5-7-9-16)12-15-10-11-18(26-2)19(13-15)27-3/h5-13H,1-4H3/b17-12-. The lowest BCUT2D eigenvalue weighted by atomic mass is 10.0. The molecular formula is C22H21NO5. The Kier molecular flexibility index (Phi) is 5.49. The molecule has 0 radical (unpaired) electrons. The van der Waals surface area contributed by atoms with E-state index >= 15 is 0 Å². The van der Waals surface area contributed by atoms with E-state index in [1.165, 1.54) is 19.1 Å². The lowest BCUT2D eigenvalue weighted by molar-refractivity contribution is -0.136. The molecule has 0 aliphatic carbocycles. The summed E-state index contributed by atoms with van der Waals surface area (Å²) in [5, 5.41) is 0. The maximum absolute atomic E-state index is 13.2. The van der Waals surface area contributed by atoms with Crippen molar-refractivity contribution >= 4 is 23.6 Å². The SMILES string of the molecule is COC(=O)C1=C(C)N(c2ccccc2)C(=O)/C1=C\c1ccc(OC)c(OC)c1. The number of amides is 1. The van der Waals surface area contributed by atoms with Gasteiger partial charge in [-0.3, -0.25) is 9.69 Å². The van der Waals surface area contributed by atoms with E-state index in [0.717, 1.165) is 0 Å². The second-order valence-electron chi connectivity index (χ2n) is 6.10. The van der Waals surface area contributed by atoms with E-state index in [0.29, 0.717) is 28.4 Å². The van der Waals surface area contributed by atoms with Crippen LogP contribution < -0.4 is 14.4 Å². The highest BCUT2D eigenvalue weighted by Crippen LogP contribution is 2.36. The molecular weight excluding hydrogens is 358 g/mol. The van der Waals surface area contributed by atoms with Gasteiger partial charge in [0.1, 0.15) is 0 Å². The Morgan fingerprint density at radius 1 is 0.964 bits per heavy atom. The first-order chi connectivity index (χ1) is 13.5. The van der Waals surface area contributed by atoms with Crippen LogP contribution in [-0.2, 0) is 14.3 Å². The molecule has 0 aromatic heterocycles. The quantitative estimate of drug-likeness (QED) is 0.587. The molecule has 1 aliphatic rings. The summed E-state index contributed by atoms with van der Waals surface area (Å²) in [6, 6.07) is 14.4. The zero-order chi connectivity index (χ0) is 20.3. The summed E-state index contributed by atoms with van der Waals surface area (Å²) in [5.41, 5.74) is 2.41. The number of para-hydroxylation sites is 1. The summed E-state index contributed by atoms with van der Waals surface area (Å²) >= 11 is 0. The van der Waals surface area contributed by atoms with Gasteiger partial charge in [-0.1, -0.05) is 24.3 Å². The molecule has 0 N–H and O–H groups in total. The minimum absolute atomic E-state index is 0.242. The molecule has 2 aromatic rings. The topological polar surface area (TPSA) is 65.1 Å². The van der Waals surface area contributed by atoms with Crippen molar-refractivity contribution in [1.82, 2.24) is 0 Å². The van der Waals surface area contributed by atoms with Crippen LogP contribution in [0.4, 0.5) is 5.69 Å². The number of hydrogen-bond acceptors (Lipinski definition) is 5. The van der Waals surface area contributed by atoms with Gasteiger partial charge in [0.05, 0.1) is 32.5 Å². The predicted molar refractivity (Wildman–Crippen MR) is 106 cm³/mol. The van der Waals surface area contributed by atoms with Crippen molar-refractivity contribution in [2.75, 3.05) is 26.2 Å². The van der Waals surface area contributed by atoms with Gasteiger partial charge in [0.2, 0.25) is 0 Å². The average molecular weight is 379 g/mol. The van der Waals surface area contributed by atoms with Gasteiger partial charge in [-0.2, -0.15) is 0 Å². The Bertz CT molecular complexity index is 976. The molecule has 3 rings (SSSR count). The van der Waals surface area contributed by atoms with Crippen LogP contribution in [0.2, 0.25) is 0 Å². The third-order valence-corrected chi connectivity index (χ3v) is 4.52. The molecule has 0 saturated heterocycles. The minimum Gasteiger partial charge on any atom is -0.493 e. The molecule has 144 valence electrons. The lowest BCUT2D eigenvalue weighted by Crippen LogP contribution is -2.24. The summed E-state index contributed by atoms with van der Waals surface area (Å²) in [4.78, 5) is 27.1. The smallest absolute Gasteiger partial charge is 0.340 e. The van der Waals surface area contributed by atoms with Gasteiger partial charge in [0.25, 0.3) is 5.91 Å². The maximum atomic E-state index is 13.2. The summed E-state index contributed by atoms with van der Waals surface area (Å²) < 4.78 is 15.5. The largest absolute Gasteiger partial charge is 0.493 e. The van der Waals surface area contributed by atoms with E-state index in [2.05, 4.69) is 0 Å². The lowest BCUT2D eigenvalue weighted by Gasteiger charge is -2.17. The fourth-order valence-corrected chi connectivity index (χ4v) is 3.18. The minimum atomic E-state index is -0.559. The van der Waals surface area contributed by atoms with Crippen LogP contribution in [0.1, 0.15) is 12.5 Å². The number of carbonyl (C=O) groups excluding carboxylic acids is 2. The zero-order valence-electron chi connectivity index (χ0n) is 16.2. The second kappa shape index (κ2) is 8.00. The average Bonchev–Trinajstić information content (AvgIpc) is 2.97. The molecule has 1 heterocycles. The molecule has 0 saturated carbocycles. The summed E-state index contributed by atoms with van der Waals surface area (Å²) in [5.74, 6) is 0.255. The molecule has 0 spiro atoms. The van der Waals surface area contributed by atoms with E-state index in [1.54, 1.807) is 38.3 Å². The first kappa shape index (κ1) is 19.2. The number of carbonyl (C=O) groups is 2. The highest BCUT2D eigenvalue weighted by atomic mass is 16.5. The van der Waals surface area contributed by atoms with Crippen LogP contribution in [0, 0.1) is 0 Å². The number of allylic oxidation sites excluding steroid dienone is 1. The van der Waals surface area contributed by atoms with Crippen molar-refractivity contribution in [2.24, 2.45) is 0 Å². The summed E-state index contributed by atoms with van der Waals surface area (Å²) in [7, 11) is 4.39. The van der Waals surface area contributed by atoms with Gasteiger partial charge in [-0.05, 0) is 42.8 Å². The van der Waals surface area contributed by atoms with Gasteiger partial charge in [-0.25, -0.2) is 4.79 Å². The fraction of sp³-hybridized carbons (Fsp3) is 0.182. The Labute approximate surface area is 163 Å². The highest BCUT2D eigenvalue weighted by Gasteiger charge is 2.37. The first-order valence-electron chi connectivity index (χ1n) is 8.64. The molecule has 2 aromatic carbocycles. The molecule has 0 atom stereocenters. The summed E-state index contributed by atoms with van der Waals surface area (Å²) in [6.45, 7) is 1.73. The fourth-order valence-electron chi connectivity index (χ4n) is 3.18. The number of methoxy groups -OCH3 is 3. The van der Waals surface area contributed by atoms with E-state index < -0.39 is 5.97 Å². The van der Waals surface area contributed by atoms with E-state index in [-0.39, 0.29) is 17.1 Å². The maximum Gasteiger partial charge on any atom is 0.340 e. The van der Waals surface area contributed by atoms with Crippen molar-refractivity contribution < 1.29 is 23.8 Å². The van der Waals surface area contributed by atoms with Crippen LogP contribution in [0.3, 0.4) is 0 Å². The number of rotatable bonds is 5. The molecule has 28 heavy (non-hydrogen) atoms. The Hall–Kier alpha value is -3.54. The van der Waals surface area contributed by atoms with Gasteiger partial charge in [0, 0.05) is 11.4 Å². The van der Waals surface area contributed by atoms with Crippen LogP contribution in [0.25, 0.3) is 6.08 Å². The predicted octanol–water partition coefficient (Wildman–Crippen LogP) is 3.58. The normalized spacial score (nSPS) is 15.2. The van der Waals surface area contributed by atoms with Crippen molar-refractivity contribution in [3.05, 3.63) is 70.9 Å². The Balaban J connectivity index is 2.12. The third-order valence-electron chi connectivity index (χ3n) is 4.52. The monoisotopic (exact) mass is 379 g/mol. The molecule has 6 nitrogen and oxygen atoms in total.